The van der Waals surface area contributed by atoms with E-state index in [0.717, 1.165) is 22.3 Å². The molecule has 0 unspecified atom stereocenters. The van der Waals surface area contributed by atoms with Gasteiger partial charge in [0.25, 0.3) is 0 Å². The fourth-order valence-electron chi connectivity index (χ4n) is 2.92. The summed E-state index contributed by atoms with van der Waals surface area (Å²) in [6.45, 7) is 0.562. The number of para-hydroxylation sites is 1. The maximum absolute atomic E-state index is 5.69. The van der Waals surface area contributed by atoms with Crippen molar-refractivity contribution in [3.05, 3.63) is 78.4 Å². The highest BCUT2D eigenvalue weighted by atomic mass is 14.7. The van der Waals surface area contributed by atoms with E-state index in [0.29, 0.717) is 6.54 Å². The van der Waals surface area contributed by atoms with Gasteiger partial charge < -0.3 is 5.73 Å². The van der Waals surface area contributed by atoms with Crippen LogP contribution in [0, 0.1) is 0 Å². The maximum atomic E-state index is 5.69. The molecule has 4 rings (SSSR count). The smallest absolute Gasteiger partial charge is 0.0788 e. The molecule has 3 aromatic carbocycles. The minimum Gasteiger partial charge on any atom is -0.326 e. The van der Waals surface area contributed by atoms with Gasteiger partial charge in [-0.2, -0.15) is 0 Å². The number of pyridine rings is 1. The highest BCUT2D eigenvalue weighted by Crippen LogP contribution is 2.32. The second-order valence-electron chi connectivity index (χ2n) is 5.42. The van der Waals surface area contributed by atoms with Crippen molar-refractivity contribution in [3.8, 4) is 11.3 Å². The molecule has 0 saturated carbocycles. The molecule has 2 nitrogen and oxygen atoms in total. The molecule has 0 aliphatic carbocycles. The summed E-state index contributed by atoms with van der Waals surface area (Å²) in [6, 6.07) is 25.1. The van der Waals surface area contributed by atoms with Gasteiger partial charge in [0.2, 0.25) is 0 Å². The van der Waals surface area contributed by atoms with Gasteiger partial charge in [0.15, 0.2) is 0 Å². The van der Waals surface area contributed by atoms with E-state index in [1.807, 2.05) is 6.07 Å². The standard InChI is InChI=1S/C20H16N2/c21-13-14-9-11-15(12-10-14)20-18-7-2-1-5-16(18)17-6-3-4-8-19(17)22-20/h1-12H,13,21H2. The van der Waals surface area contributed by atoms with E-state index < -0.39 is 0 Å². The van der Waals surface area contributed by atoms with Gasteiger partial charge in [-0.25, -0.2) is 4.98 Å². The lowest BCUT2D eigenvalue weighted by Gasteiger charge is -2.10. The predicted molar refractivity (Wildman–Crippen MR) is 92.6 cm³/mol. The Morgan fingerprint density at radius 3 is 2.05 bits per heavy atom. The summed E-state index contributed by atoms with van der Waals surface area (Å²) in [5, 5.41) is 3.62. The zero-order chi connectivity index (χ0) is 14.9. The van der Waals surface area contributed by atoms with Crippen LogP contribution in [0.15, 0.2) is 72.8 Å². The Morgan fingerprint density at radius 2 is 1.32 bits per heavy atom. The fourth-order valence-corrected chi connectivity index (χ4v) is 2.92. The van der Waals surface area contributed by atoms with Gasteiger partial charge in [0.05, 0.1) is 11.2 Å². The zero-order valence-electron chi connectivity index (χ0n) is 12.2. The number of rotatable bonds is 2. The van der Waals surface area contributed by atoms with Gasteiger partial charge in [-0.15, -0.1) is 0 Å². The van der Waals surface area contributed by atoms with Crippen LogP contribution < -0.4 is 5.73 Å². The topological polar surface area (TPSA) is 38.9 Å². The molecule has 2 N–H and O–H groups in total. The summed E-state index contributed by atoms with van der Waals surface area (Å²) in [5.41, 5.74) is 10.00. The molecule has 0 amide bonds. The molecular weight excluding hydrogens is 268 g/mol. The summed E-state index contributed by atoms with van der Waals surface area (Å²) < 4.78 is 0. The molecule has 1 aromatic heterocycles. The molecule has 0 fully saturated rings. The summed E-state index contributed by atoms with van der Waals surface area (Å²) in [6.07, 6.45) is 0. The van der Waals surface area contributed by atoms with Gasteiger partial charge in [-0.1, -0.05) is 66.7 Å². The third kappa shape index (κ3) is 2.05. The molecular formula is C20H16N2. The van der Waals surface area contributed by atoms with Crippen LogP contribution in [-0.2, 0) is 6.54 Å². The van der Waals surface area contributed by atoms with E-state index in [2.05, 4.69) is 66.7 Å². The predicted octanol–water partition coefficient (Wildman–Crippen LogP) is 4.51. The first-order valence-corrected chi connectivity index (χ1v) is 7.44. The SMILES string of the molecule is NCc1ccc(-c2nc3ccccc3c3ccccc23)cc1. The molecule has 0 aliphatic heterocycles. The van der Waals surface area contributed by atoms with Gasteiger partial charge in [0.1, 0.15) is 0 Å². The van der Waals surface area contributed by atoms with E-state index in [1.165, 1.54) is 16.2 Å². The lowest BCUT2D eigenvalue weighted by molar-refractivity contribution is 1.07. The first-order valence-electron chi connectivity index (χ1n) is 7.44. The van der Waals surface area contributed by atoms with Crippen LogP contribution >= 0.6 is 0 Å². The van der Waals surface area contributed by atoms with Crippen molar-refractivity contribution in [1.29, 1.82) is 0 Å². The van der Waals surface area contributed by atoms with Crippen molar-refractivity contribution in [3.63, 3.8) is 0 Å². The normalized spacial score (nSPS) is 11.1. The molecule has 0 aliphatic rings. The third-order valence-corrected chi connectivity index (χ3v) is 4.07. The Morgan fingerprint density at radius 1 is 0.682 bits per heavy atom. The van der Waals surface area contributed by atoms with Gasteiger partial charge in [0, 0.05) is 22.9 Å². The Bertz CT molecular complexity index is 956. The summed E-state index contributed by atoms with van der Waals surface area (Å²) in [4.78, 5) is 4.90. The monoisotopic (exact) mass is 284 g/mol. The van der Waals surface area contributed by atoms with Gasteiger partial charge in [-0.3, -0.25) is 0 Å². The van der Waals surface area contributed by atoms with Crippen LogP contribution in [0.2, 0.25) is 0 Å². The van der Waals surface area contributed by atoms with Crippen LogP contribution in [0.25, 0.3) is 32.9 Å². The number of hydrogen-bond acceptors (Lipinski definition) is 2. The Labute approximate surface area is 129 Å². The number of fused-ring (bicyclic) bond motifs is 3. The van der Waals surface area contributed by atoms with Crippen LogP contribution in [0.1, 0.15) is 5.56 Å². The Kier molecular flexibility index (Phi) is 3.10. The van der Waals surface area contributed by atoms with E-state index in [-0.39, 0.29) is 0 Å². The van der Waals surface area contributed by atoms with Gasteiger partial charge in [-0.05, 0) is 17.0 Å². The molecule has 2 heteroatoms. The van der Waals surface area contributed by atoms with E-state index in [4.69, 9.17) is 10.7 Å². The Balaban J connectivity index is 2.06. The first kappa shape index (κ1) is 13.0. The molecule has 0 atom stereocenters. The lowest BCUT2D eigenvalue weighted by atomic mass is 9.99. The minimum absolute atomic E-state index is 0.562. The second kappa shape index (κ2) is 5.24. The van der Waals surface area contributed by atoms with Crippen LogP contribution in [0.5, 0.6) is 0 Å². The van der Waals surface area contributed by atoms with Crippen molar-refractivity contribution in [1.82, 2.24) is 4.98 Å². The van der Waals surface area contributed by atoms with Crippen molar-refractivity contribution in [2.45, 2.75) is 6.54 Å². The van der Waals surface area contributed by atoms with Crippen molar-refractivity contribution in [2.75, 3.05) is 0 Å². The summed E-state index contributed by atoms with van der Waals surface area (Å²) in [5.74, 6) is 0. The molecule has 4 aromatic rings. The molecule has 1 heterocycles. The highest BCUT2D eigenvalue weighted by Gasteiger charge is 2.09. The molecule has 0 spiro atoms. The number of benzene rings is 3. The van der Waals surface area contributed by atoms with E-state index >= 15 is 0 Å². The quantitative estimate of drug-likeness (QED) is 0.550. The molecule has 0 saturated heterocycles. The molecule has 0 radical (unpaired) electrons. The number of aromatic nitrogens is 1. The van der Waals surface area contributed by atoms with Gasteiger partial charge >= 0.3 is 0 Å². The van der Waals surface area contributed by atoms with Crippen molar-refractivity contribution < 1.29 is 0 Å². The number of nitrogens with zero attached hydrogens (tertiary/aromatic N) is 1. The minimum atomic E-state index is 0.562. The Hall–Kier alpha value is -2.71. The lowest BCUT2D eigenvalue weighted by Crippen LogP contribution is -1.95. The second-order valence-corrected chi connectivity index (χ2v) is 5.42. The fraction of sp³-hybridized carbons (Fsp3) is 0.0500. The molecule has 0 bridgehead atoms. The van der Waals surface area contributed by atoms with Crippen LogP contribution in [0.3, 0.4) is 0 Å². The van der Waals surface area contributed by atoms with Crippen molar-refractivity contribution >= 4 is 21.7 Å². The average Bonchev–Trinajstić information content (AvgIpc) is 2.61. The van der Waals surface area contributed by atoms with E-state index in [1.54, 1.807) is 0 Å². The van der Waals surface area contributed by atoms with E-state index in [9.17, 15) is 0 Å². The highest BCUT2D eigenvalue weighted by molar-refractivity contribution is 6.10. The number of hydrogen-bond donors (Lipinski definition) is 1. The first-order chi connectivity index (χ1) is 10.9. The van der Waals surface area contributed by atoms with Crippen LogP contribution in [0.4, 0.5) is 0 Å². The largest absolute Gasteiger partial charge is 0.326 e. The third-order valence-electron chi connectivity index (χ3n) is 4.07. The number of nitrogens with two attached hydrogens (primary N) is 1. The zero-order valence-corrected chi connectivity index (χ0v) is 12.2. The van der Waals surface area contributed by atoms with Crippen molar-refractivity contribution in [2.24, 2.45) is 5.73 Å². The summed E-state index contributed by atoms with van der Waals surface area (Å²) in [7, 11) is 0. The average molecular weight is 284 g/mol. The molecule has 22 heavy (non-hydrogen) atoms. The van der Waals surface area contributed by atoms with Crippen LogP contribution in [-0.4, -0.2) is 4.98 Å². The maximum Gasteiger partial charge on any atom is 0.0788 e. The summed E-state index contributed by atoms with van der Waals surface area (Å²) >= 11 is 0. The molecule has 106 valence electrons.